The van der Waals surface area contributed by atoms with Crippen molar-refractivity contribution < 1.29 is 14.3 Å². The van der Waals surface area contributed by atoms with Crippen molar-refractivity contribution in [2.75, 3.05) is 12.4 Å². The van der Waals surface area contributed by atoms with E-state index in [1.54, 1.807) is 25.3 Å². The summed E-state index contributed by atoms with van der Waals surface area (Å²) in [5.41, 5.74) is 3.43. The van der Waals surface area contributed by atoms with Gasteiger partial charge < -0.3 is 14.8 Å². The highest BCUT2D eigenvalue weighted by Crippen LogP contribution is 2.30. The fourth-order valence-corrected chi connectivity index (χ4v) is 3.08. The molecule has 0 fully saturated rings. The van der Waals surface area contributed by atoms with Gasteiger partial charge in [-0.05, 0) is 47.4 Å². The van der Waals surface area contributed by atoms with Gasteiger partial charge in [0.05, 0.1) is 7.11 Å². The van der Waals surface area contributed by atoms with Gasteiger partial charge in [-0.2, -0.15) is 5.26 Å². The van der Waals surface area contributed by atoms with E-state index in [4.69, 9.17) is 9.47 Å². The molecule has 0 atom stereocenters. The van der Waals surface area contributed by atoms with Crippen LogP contribution in [0.4, 0.5) is 5.69 Å². The molecule has 0 aromatic heterocycles. The van der Waals surface area contributed by atoms with Crippen molar-refractivity contribution in [3.05, 3.63) is 95.1 Å². The van der Waals surface area contributed by atoms with E-state index in [1.807, 2.05) is 67.6 Å². The number of carbonyl (C=O) groups excluding carboxylic acids is 1. The summed E-state index contributed by atoms with van der Waals surface area (Å²) in [6, 6.07) is 24.7. The number of hydrogen-bond donors (Lipinski definition) is 1. The van der Waals surface area contributed by atoms with Gasteiger partial charge >= 0.3 is 0 Å². The lowest BCUT2D eigenvalue weighted by Gasteiger charge is -2.12. The maximum absolute atomic E-state index is 12.6. The number of carbonyl (C=O) groups is 1. The van der Waals surface area contributed by atoms with Gasteiger partial charge in [0.1, 0.15) is 18.2 Å². The van der Waals surface area contributed by atoms with Crippen LogP contribution in [0.2, 0.25) is 0 Å². The predicted molar refractivity (Wildman–Crippen MR) is 122 cm³/mol. The fraction of sp³-hybridized carbons (Fsp3) is 0.154. The lowest BCUT2D eigenvalue weighted by molar-refractivity contribution is -0.112. The van der Waals surface area contributed by atoms with Crippen molar-refractivity contribution in [1.29, 1.82) is 5.26 Å². The van der Waals surface area contributed by atoms with Crippen molar-refractivity contribution in [3.8, 4) is 17.6 Å². The summed E-state index contributed by atoms with van der Waals surface area (Å²) in [6.07, 6.45) is 2.32. The van der Waals surface area contributed by atoms with Crippen LogP contribution in [0.3, 0.4) is 0 Å². The first-order valence-electron chi connectivity index (χ1n) is 10.0. The molecule has 0 aliphatic carbocycles. The summed E-state index contributed by atoms with van der Waals surface area (Å²) >= 11 is 0. The first-order valence-corrected chi connectivity index (χ1v) is 10.0. The van der Waals surface area contributed by atoms with Gasteiger partial charge in [-0.3, -0.25) is 4.79 Å². The summed E-state index contributed by atoms with van der Waals surface area (Å²) in [4.78, 5) is 12.6. The minimum absolute atomic E-state index is 0.00548. The zero-order chi connectivity index (χ0) is 22.1. The third-order valence-electron chi connectivity index (χ3n) is 4.75. The average Bonchev–Trinajstić information content (AvgIpc) is 2.82. The van der Waals surface area contributed by atoms with Crippen LogP contribution >= 0.6 is 0 Å². The molecule has 0 radical (unpaired) electrons. The molecule has 3 aromatic carbocycles. The average molecular weight is 412 g/mol. The maximum atomic E-state index is 12.6. The Kier molecular flexibility index (Phi) is 7.45. The molecular weight excluding hydrogens is 388 g/mol. The second kappa shape index (κ2) is 10.7. The van der Waals surface area contributed by atoms with Crippen LogP contribution in [0.1, 0.15) is 23.6 Å². The Morgan fingerprint density at radius 1 is 1.03 bits per heavy atom. The Morgan fingerprint density at radius 2 is 1.77 bits per heavy atom. The second-order valence-electron chi connectivity index (χ2n) is 6.82. The molecule has 5 heteroatoms. The lowest BCUT2D eigenvalue weighted by Crippen LogP contribution is -2.14. The van der Waals surface area contributed by atoms with Gasteiger partial charge in [-0.25, -0.2) is 0 Å². The number of para-hydroxylation sites is 1. The number of nitrogens with one attached hydrogen (secondary N) is 1. The first kappa shape index (κ1) is 21.7. The Labute approximate surface area is 182 Å². The largest absolute Gasteiger partial charge is 0.493 e. The molecule has 0 saturated carbocycles. The molecule has 0 bridgehead atoms. The molecule has 0 unspecified atom stereocenters. The van der Waals surface area contributed by atoms with Gasteiger partial charge in [-0.1, -0.05) is 61.5 Å². The van der Waals surface area contributed by atoms with Crippen molar-refractivity contribution >= 4 is 17.7 Å². The number of amides is 1. The molecule has 0 aliphatic rings. The van der Waals surface area contributed by atoms with Crippen LogP contribution in [0.5, 0.6) is 11.5 Å². The maximum Gasteiger partial charge on any atom is 0.266 e. The third-order valence-corrected chi connectivity index (χ3v) is 4.75. The van der Waals surface area contributed by atoms with E-state index in [-0.39, 0.29) is 5.57 Å². The number of nitrogens with zero attached hydrogens (tertiary/aromatic N) is 1. The quantitative estimate of drug-likeness (QED) is 0.398. The van der Waals surface area contributed by atoms with E-state index < -0.39 is 5.91 Å². The van der Waals surface area contributed by atoms with E-state index in [9.17, 15) is 10.1 Å². The van der Waals surface area contributed by atoms with Crippen LogP contribution in [0.25, 0.3) is 6.08 Å². The van der Waals surface area contributed by atoms with Gasteiger partial charge in [-0.15, -0.1) is 0 Å². The Bertz CT molecular complexity index is 1110. The van der Waals surface area contributed by atoms with Crippen molar-refractivity contribution in [3.63, 3.8) is 0 Å². The summed E-state index contributed by atoms with van der Waals surface area (Å²) in [6.45, 7) is 2.43. The topological polar surface area (TPSA) is 71.4 Å². The van der Waals surface area contributed by atoms with E-state index in [2.05, 4.69) is 5.32 Å². The number of hydrogen-bond acceptors (Lipinski definition) is 4. The highest BCUT2D eigenvalue weighted by atomic mass is 16.5. The molecular formula is C26H24N2O3. The molecule has 5 nitrogen and oxygen atoms in total. The van der Waals surface area contributed by atoms with Gasteiger partial charge in [0.2, 0.25) is 0 Å². The highest BCUT2D eigenvalue weighted by molar-refractivity contribution is 6.10. The second-order valence-corrected chi connectivity index (χ2v) is 6.82. The number of rotatable bonds is 8. The zero-order valence-electron chi connectivity index (χ0n) is 17.6. The summed E-state index contributed by atoms with van der Waals surface area (Å²) in [5, 5.41) is 12.3. The van der Waals surface area contributed by atoms with Crippen LogP contribution < -0.4 is 14.8 Å². The number of nitriles is 1. The summed E-state index contributed by atoms with van der Waals surface area (Å²) < 4.78 is 11.3. The van der Waals surface area contributed by atoms with E-state index in [0.29, 0.717) is 29.4 Å². The zero-order valence-corrected chi connectivity index (χ0v) is 17.6. The molecule has 3 aromatic rings. The molecule has 31 heavy (non-hydrogen) atoms. The van der Waals surface area contributed by atoms with Crippen molar-refractivity contribution in [2.45, 2.75) is 20.0 Å². The van der Waals surface area contributed by atoms with E-state index >= 15 is 0 Å². The van der Waals surface area contributed by atoms with E-state index in [0.717, 1.165) is 17.5 Å². The first-order chi connectivity index (χ1) is 15.1. The number of aryl methyl sites for hydroxylation is 1. The normalized spacial score (nSPS) is 10.8. The Morgan fingerprint density at radius 3 is 2.48 bits per heavy atom. The van der Waals surface area contributed by atoms with Gasteiger partial charge in [0, 0.05) is 5.69 Å². The van der Waals surface area contributed by atoms with Gasteiger partial charge in [0.15, 0.2) is 11.5 Å². The number of benzene rings is 3. The van der Waals surface area contributed by atoms with Crippen LogP contribution in [-0.2, 0) is 17.8 Å². The minimum Gasteiger partial charge on any atom is -0.493 e. The van der Waals surface area contributed by atoms with Crippen LogP contribution in [0.15, 0.2) is 78.4 Å². The SMILES string of the molecule is CCc1ccccc1NC(=O)/C(C#N)=C/c1ccc(OCc2ccccc2)c(OC)c1. The van der Waals surface area contributed by atoms with Crippen molar-refractivity contribution in [1.82, 2.24) is 0 Å². The lowest BCUT2D eigenvalue weighted by atomic mass is 10.1. The summed E-state index contributed by atoms with van der Waals surface area (Å²) in [5.74, 6) is 0.661. The summed E-state index contributed by atoms with van der Waals surface area (Å²) in [7, 11) is 1.55. The fourth-order valence-electron chi connectivity index (χ4n) is 3.08. The monoisotopic (exact) mass is 412 g/mol. The van der Waals surface area contributed by atoms with Crippen LogP contribution in [-0.4, -0.2) is 13.0 Å². The molecule has 3 rings (SSSR count). The molecule has 0 saturated heterocycles. The molecule has 1 amide bonds. The van der Waals surface area contributed by atoms with Gasteiger partial charge in [0.25, 0.3) is 5.91 Å². The minimum atomic E-state index is -0.452. The number of ether oxygens (including phenoxy) is 2. The predicted octanol–water partition coefficient (Wildman–Crippen LogP) is 5.38. The third kappa shape index (κ3) is 5.74. The standard InChI is InChI=1S/C26H24N2O3/c1-3-21-11-7-8-12-23(21)28-26(29)22(17-27)15-20-13-14-24(25(16-20)30-2)31-18-19-9-5-4-6-10-19/h4-16H,3,18H2,1-2H3,(H,28,29)/b22-15+. The number of anilines is 1. The number of methoxy groups -OCH3 is 1. The molecule has 0 aliphatic heterocycles. The highest BCUT2D eigenvalue weighted by Gasteiger charge is 2.12. The molecule has 0 heterocycles. The molecule has 1 N–H and O–H groups in total. The molecule has 156 valence electrons. The smallest absolute Gasteiger partial charge is 0.266 e. The Balaban J connectivity index is 1.77. The Hall–Kier alpha value is -4.04. The van der Waals surface area contributed by atoms with Crippen molar-refractivity contribution in [2.24, 2.45) is 0 Å². The van der Waals surface area contributed by atoms with E-state index in [1.165, 1.54) is 6.08 Å². The molecule has 0 spiro atoms. The van der Waals surface area contributed by atoms with Crippen LogP contribution in [0, 0.1) is 11.3 Å².